The average molecular weight is 523 g/mol. The summed E-state index contributed by atoms with van der Waals surface area (Å²) in [6.07, 6.45) is 4.05. The zero-order valence-electron chi connectivity index (χ0n) is 22.5. The first-order valence-corrected chi connectivity index (χ1v) is 14.2. The van der Waals surface area contributed by atoms with Gasteiger partial charge in [-0.15, -0.1) is 0 Å². The summed E-state index contributed by atoms with van der Waals surface area (Å²) in [5.74, 6) is -1.78. The van der Waals surface area contributed by atoms with E-state index in [0.717, 1.165) is 0 Å². The van der Waals surface area contributed by atoms with E-state index in [2.05, 4.69) is 10.6 Å². The molecule has 0 aliphatic heterocycles. The number of aliphatic carboxylic acids is 2. The highest BCUT2D eigenvalue weighted by Gasteiger charge is 2.27. The number of carbonyl (C=O) groups is 4. The van der Waals surface area contributed by atoms with Crippen LogP contribution in [0.2, 0.25) is 0 Å². The van der Waals surface area contributed by atoms with Gasteiger partial charge in [-0.05, 0) is 54.1 Å². The first kappa shape index (κ1) is 35.1. The molecule has 0 saturated carbocycles. The van der Waals surface area contributed by atoms with E-state index in [0.29, 0.717) is 11.5 Å². The predicted molar refractivity (Wildman–Crippen MR) is 143 cm³/mol. The van der Waals surface area contributed by atoms with Crippen molar-refractivity contribution in [3.63, 3.8) is 0 Å². The number of ketones is 2. The lowest BCUT2D eigenvalue weighted by atomic mass is 9.99. The molecule has 0 aliphatic rings. The second-order valence-corrected chi connectivity index (χ2v) is 12.4. The van der Waals surface area contributed by atoms with Crippen molar-refractivity contribution in [2.24, 2.45) is 11.8 Å². The van der Waals surface area contributed by atoms with Crippen molar-refractivity contribution in [1.29, 1.82) is 0 Å². The van der Waals surface area contributed by atoms with Crippen molar-refractivity contribution in [2.75, 3.05) is 24.0 Å². The van der Waals surface area contributed by atoms with E-state index >= 15 is 0 Å². The number of carboxylic acid groups (broad SMARTS) is 2. The van der Waals surface area contributed by atoms with Crippen molar-refractivity contribution in [2.45, 2.75) is 91.4 Å². The smallest absolute Gasteiger partial charge is 0.306 e. The average Bonchev–Trinajstić information content (AvgIpc) is 2.65. The zero-order valence-corrected chi connectivity index (χ0v) is 24.1. The van der Waals surface area contributed by atoms with Crippen LogP contribution in [0.5, 0.6) is 0 Å². The van der Waals surface area contributed by atoms with Gasteiger partial charge in [-0.25, -0.2) is 0 Å². The summed E-state index contributed by atoms with van der Waals surface area (Å²) in [4.78, 5) is 45.4. The van der Waals surface area contributed by atoms with E-state index in [9.17, 15) is 19.2 Å². The molecule has 200 valence electrons. The summed E-state index contributed by atoms with van der Waals surface area (Å²) in [5.41, 5.74) is -0.301. The molecule has 0 spiro atoms. The third kappa shape index (κ3) is 18.3. The van der Waals surface area contributed by atoms with Crippen LogP contribution in [0.4, 0.5) is 0 Å². The van der Waals surface area contributed by atoms with Gasteiger partial charge in [0.05, 0.1) is 23.9 Å². The van der Waals surface area contributed by atoms with Gasteiger partial charge in [0.2, 0.25) is 0 Å². The van der Waals surface area contributed by atoms with Crippen LogP contribution in [-0.2, 0) is 19.2 Å². The highest BCUT2D eigenvalue weighted by molar-refractivity contribution is 7.98. The molecule has 0 radical (unpaired) electrons. The molecule has 0 heterocycles. The first-order chi connectivity index (χ1) is 15.3. The van der Waals surface area contributed by atoms with E-state index in [1.165, 1.54) is 0 Å². The second kappa shape index (κ2) is 16.5. The highest BCUT2D eigenvalue weighted by Crippen LogP contribution is 2.13. The largest absolute Gasteiger partial charge is 0.481 e. The van der Waals surface area contributed by atoms with Gasteiger partial charge in [0.25, 0.3) is 0 Å². The standard InChI is InChI=1S/2C12H23NO3S/c2*1-8(11(15)16)6-10(14)9(7-17-5)13-12(2,3)4/h2*8-9,13H,6-7H2,1-5H3,(H,15,16)/t8-,9+;/m1./s1. The molecule has 10 heteroatoms. The summed E-state index contributed by atoms with van der Waals surface area (Å²) in [6.45, 7) is 15.1. The van der Waals surface area contributed by atoms with Crippen molar-refractivity contribution >= 4 is 47.0 Å². The number of carbonyl (C=O) groups excluding carboxylic acids is 2. The van der Waals surface area contributed by atoms with E-state index in [-0.39, 0.29) is 47.6 Å². The Kier molecular flexibility index (Phi) is 17.1. The number of carboxylic acids is 2. The summed E-state index contributed by atoms with van der Waals surface area (Å²) >= 11 is 3.17. The van der Waals surface area contributed by atoms with Crippen molar-refractivity contribution in [1.82, 2.24) is 10.6 Å². The SMILES string of the molecule is CSCC(NC(C)(C)C)C(=O)CC(C)C(=O)O.CSC[C@H](NC(C)(C)C)C(=O)C[C@@H](C)C(=O)O. The Morgan fingerprint density at radius 2 is 0.941 bits per heavy atom. The van der Waals surface area contributed by atoms with E-state index in [4.69, 9.17) is 10.2 Å². The van der Waals surface area contributed by atoms with Gasteiger partial charge in [0.1, 0.15) is 0 Å². The van der Waals surface area contributed by atoms with E-state index in [1.807, 2.05) is 54.1 Å². The van der Waals surface area contributed by atoms with Gasteiger partial charge >= 0.3 is 11.9 Å². The second-order valence-electron chi connectivity index (χ2n) is 10.6. The number of hydrogen-bond donors (Lipinski definition) is 4. The van der Waals surface area contributed by atoms with Crippen LogP contribution in [-0.4, -0.2) is 80.9 Å². The first-order valence-electron chi connectivity index (χ1n) is 11.4. The third-order valence-corrected chi connectivity index (χ3v) is 5.85. The Hall–Kier alpha value is -1.10. The van der Waals surface area contributed by atoms with Crippen LogP contribution >= 0.6 is 23.5 Å². The minimum atomic E-state index is -0.919. The lowest BCUT2D eigenvalue weighted by molar-refractivity contribution is -0.143. The van der Waals surface area contributed by atoms with Gasteiger partial charge in [0, 0.05) is 35.4 Å². The van der Waals surface area contributed by atoms with Crippen molar-refractivity contribution in [3.05, 3.63) is 0 Å². The zero-order chi connectivity index (χ0) is 27.3. The fourth-order valence-electron chi connectivity index (χ4n) is 2.87. The minimum absolute atomic E-state index is 0.0239. The molecule has 0 aromatic rings. The van der Waals surface area contributed by atoms with Gasteiger partial charge in [-0.2, -0.15) is 23.5 Å². The maximum absolute atomic E-state index is 12.0. The molecule has 0 aromatic heterocycles. The summed E-state index contributed by atoms with van der Waals surface area (Å²) < 4.78 is 0. The molecule has 34 heavy (non-hydrogen) atoms. The van der Waals surface area contributed by atoms with Gasteiger partial charge < -0.3 is 20.8 Å². The Labute approximate surface area is 214 Å². The number of thioether (sulfide) groups is 2. The monoisotopic (exact) mass is 522 g/mol. The van der Waals surface area contributed by atoms with Crippen LogP contribution < -0.4 is 10.6 Å². The Morgan fingerprint density at radius 1 is 0.676 bits per heavy atom. The summed E-state index contributed by atoms with van der Waals surface area (Å²) in [5, 5.41) is 24.1. The number of Topliss-reactive ketones (excluding diaryl/α,β-unsaturated/α-hetero) is 2. The molecule has 0 bridgehead atoms. The van der Waals surface area contributed by atoms with Gasteiger partial charge in [-0.3, -0.25) is 19.2 Å². The van der Waals surface area contributed by atoms with E-state index in [1.54, 1.807) is 37.4 Å². The minimum Gasteiger partial charge on any atom is -0.481 e. The van der Waals surface area contributed by atoms with Crippen LogP contribution in [0, 0.1) is 11.8 Å². The summed E-state index contributed by atoms with van der Waals surface area (Å²) in [6, 6.07) is -0.543. The molecule has 2 unspecified atom stereocenters. The molecule has 0 aliphatic carbocycles. The molecule has 0 aromatic carbocycles. The lowest BCUT2D eigenvalue weighted by Gasteiger charge is -2.27. The van der Waals surface area contributed by atoms with Crippen LogP contribution in [0.1, 0.15) is 68.2 Å². The Balaban J connectivity index is 0. The highest BCUT2D eigenvalue weighted by atomic mass is 32.2. The molecule has 4 N–H and O–H groups in total. The lowest BCUT2D eigenvalue weighted by Crippen LogP contribution is -2.49. The molecule has 4 atom stereocenters. The number of nitrogens with one attached hydrogen (secondary N) is 2. The van der Waals surface area contributed by atoms with Crippen LogP contribution in [0.3, 0.4) is 0 Å². The Bertz CT molecular complexity index is 603. The maximum Gasteiger partial charge on any atom is 0.306 e. The molecular weight excluding hydrogens is 476 g/mol. The number of hydrogen-bond acceptors (Lipinski definition) is 8. The topological polar surface area (TPSA) is 133 Å². The van der Waals surface area contributed by atoms with E-state index < -0.39 is 23.8 Å². The van der Waals surface area contributed by atoms with Gasteiger partial charge in [-0.1, -0.05) is 13.8 Å². The molecule has 0 amide bonds. The normalized spacial score (nSPS) is 15.4. The summed E-state index contributed by atoms with van der Waals surface area (Å²) in [7, 11) is 0. The Morgan fingerprint density at radius 3 is 1.12 bits per heavy atom. The fourth-order valence-corrected chi connectivity index (χ4v) is 4.08. The van der Waals surface area contributed by atoms with Crippen LogP contribution in [0.15, 0.2) is 0 Å². The quantitative estimate of drug-likeness (QED) is 0.268. The third-order valence-electron chi connectivity index (χ3n) is 4.52. The molecule has 8 nitrogen and oxygen atoms in total. The molecule has 0 saturated heterocycles. The number of rotatable bonds is 14. The maximum atomic E-state index is 12.0. The van der Waals surface area contributed by atoms with Crippen LogP contribution in [0.25, 0.3) is 0 Å². The molecular formula is C24H46N2O6S2. The molecule has 0 fully saturated rings. The predicted octanol–water partition coefficient (Wildman–Crippen LogP) is 3.57. The fraction of sp³-hybridized carbons (Fsp3) is 0.833. The molecule has 0 rings (SSSR count). The van der Waals surface area contributed by atoms with Crippen molar-refractivity contribution < 1.29 is 29.4 Å². The van der Waals surface area contributed by atoms with Crippen molar-refractivity contribution in [3.8, 4) is 0 Å². The van der Waals surface area contributed by atoms with Gasteiger partial charge in [0.15, 0.2) is 11.6 Å².